The Kier molecular flexibility index (Phi) is 4.78. The molecule has 102 valence electrons. The number of benzene rings is 1. The number of carbonyl (C=O) groups excluding carboxylic acids is 1. The Balaban J connectivity index is 1.90. The molecule has 0 spiro atoms. The number of nitrogens with one attached hydrogen (secondary N) is 1. The lowest BCUT2D eigenvalue weighted by molar-refractivity contribution is -0.117. The topological polar surface area (TPSA) is 29.1 Å². The fourth-order valence-electron chi connectivity index (χ4n) is 2.71. The molecular weight excluding hydrogens is 234 g/mol. The van der Waals surface area contributed by atoms with Gasteiger partial charge < -0.3 is 5.32 Å². The Morgan fingerprint density at radius 1 is 1.32 bits per heavy atom. The first-order chi connectivity index (χ1) is 9.15. The van der Waals surface area contributed by atoms with Crippen LogP contribution in [0.3, 0.4) is 0 Å². The van der Waals surface area contributed by atoms with E-state index >= 15 is 0 Å². The van der Waals surface area contributed by atoms with E-state index in [0.29, 0.717) is 12.0 Å². The van der Waals surface area contributed by atoms with Crippen LogP contribution in [0.5, 0.6) is 0 Å². The number of carbonyl (C=O) groups is 1. The number of amides is 1. The average molecular weight is 257 g/mol. The van der Waals surface area contributed by atoms with Crippen molar-refractivity contribution in [1.82, 2.24) is 5.32 Å². The van der Waals surface area contributed by atoms with Crippen LogP contribution in [0.2, 0.25) is 0 Å². The van der Waals surface area contributed by atoms with Gasteiger partial charge in [-0.3, -0.25) is 4.79 Å². The Hall–Kier alpha value is -1.57. The maximum absolute atomic E-state index is 11.9. The van der Waals surface area contributed by atoms with Crippen molar-refractivity contribution in [2.24, 2.45) is 5.92 Å². The van der Waals surface area contributed by atoms with Crippen LogP contribution in [-0.4, -0.2) is 11.9 Å². The minimum atomic E-state index is 0.0280. The minimum absolute atomic E-state index is 0.0280. The zero-order valence-electron chi connectivity index (χ0n) is 11.9. The summed E-state index contributed by atoms with van der Waals surface area (Å²) in [4.78, 5) is 11.9. The monoisotopic (exact) mass is 257 g/mol. The highest BCUT2D eigenvalue weighted by molar-refractivity contribution is 5.91. The van der Waals surface area contributed by atoms with Gasteiger partial charge in [-0.05, 0) is 37.3 Å². The van der Waals surface area contributed by atoms with Crippen LogP contribution in [0.4, 0.5) is 0 Å². The summed E-state index contributed by atoms with van der Waals surface area (Å²) in [6.07, 6.45) is 8.41. The van der Waals surface area contributed by atoms with Crippen LogP contribution in [0.25, 0.3) is 6.08 Å². The highest BCUT2D eigenvalue weighted by Crippen LogP contribution is 2.23. The second-order valence-corrected chi connectivity index (χ2v) is 5.62. The van der Waals surface area contributed by atoms with Crippen LogP contribution in [0.1, 0.15) is 43.7 Å². The van der Waals surface area contributed by atoms with Crippen LogP contribution >= 0.6 is 0 Å². The van der Waals surface area contributed by atoms with Gasteiger partial charge in [0.15, 0.2) is 0 Å². The maximum atomic E-state index is 11.9. The fourth-order valence-corrected chi connectivity index (χ4v) is 2.71. The van der Waals surface area contributed by atoms with E-state index in [1.165, 1.54) is 24.8 Å². The van der Waals surface area contributed by atoms with Gasteiger partial charge in [-0.2, -0.15) is 0 Å². The van der Waals surface area contributed by atoms with E-state index in [1.807, 2.05) is 18.2 Å². The van der Waals surface area contributed by atoms with Crippen LogP contribution in [0, 0.1) is 12.8 Å². The summed E-state index contributed by atoms with van der Waals surface area (Å²) in [6, 6.07) is 8.51. The molecule has 1 aromatic carbocycles. The minimum Gasteiger partial charge on any atom is -0.350 e. The molecule has 2 heteroatoms. The van der Waals surface area contributed by atoms with E-state index in [4.69, 9.17) is 0 Å². The lowest BCUT2D eigenvalue weighted by Gasteiger charge is -2.29. The van der Waals surface area contributed by atoms with Gasteiger partial charge in [-0.15, -0.1) is 0 Å². The molecule has 2 rings (SSSR count). The Labute approximate surface area is 115 Å². The van der Waals surface area contributed by atoms with Crippen LogP contribution in [-0.2, 0) is 4.79 Å². The van der Waals surface area contributed by atoms with E-state index in [0.717, 1.165) is 12.0 Å². The first-order valence-corrected chi connectivity index (χ1v) is 7.20. The molecule has 0 bridgehead atoms. The molecule has 1 aliphatic rings. The predicted molar refractivity (Wildman–Crippen MR) is 79.8 cm³/mol. The van der Waals surface area contributed by atoms with E-state index in [2.05, 4.69) is 31.3 Å². The van der Waals surface area contributed by atoms with Crippen molar-refractivity contribution >= 4 is 12.0 Å². The molecule has 2 atom stereocenters. The first-order valence-electron chi connectivity index (χ1n) is 7.20. The summed E-state index contributed by atoms with van der Waals surface area (Å²) in [5.74, 6) is 0.630. The molecule has 1 saturated carbocycles. The highest BCUT2D eigenvalue weighted by Gasteiger charge is 2.21. The van der Waals surface area contributed by atoms with E-state index in [-0.39, 0.29) is 5.91 Å². The van der Waals surface area contributed by atoms with E-state index < -0.39 is 0 Å². The molecule has 2 nitrogen and oxygen atoms in total. The number of aryl methyl sites for hydroxylation is 1. The Morgan fingerprint density at radius 3 is 2.84 bits per heavy atom. The molecule has 1 amide bonds. The van der Waals surface area contributed by atoms with Crippen molar-refractivity contribution in [2.45, 2.75) is 45.6 Å². The molecule has 1 aromatic rings. The summed E-state index contributed by atoms with van der Waals surface area (Å²) in [5, 5.41) is 3.13. The highest BCUT2D eigenvalue weighted by atomic mass is 16.1. The van der Waals surface area contributed by atoms with Crippen molar-refractivity contribution in [2.75, 3.05) is 0 Å². The summed E-state index contributed by atoms with van der Waals surface area (Å²) in [6.45, 7) is 4.29. The molecule has 0 aliphatic heterocycles. The van der Waals surface area contributed by atoms with Gasteiger partial charge in [0.1, 0.15) is 0 Å². The van der Waals surface area contributed by atoms with Gasteiger partial charge in [0.05, 0.1) is 0 Å². The largest absolute Gasteiger partial charge is 0.350 e. The smallest absolute Gasteiger partial charge is 0.244 e. The molecule has 0 heterocycles. The van der Waals surface area contributed by atoms with Crippen molar-refractivity contribution in [3.05, 3.63) is 41.5 Å². The second-order valence-electron chi connectivity index (χ2n) is 5.62. The first kappa shape index (κ1) is 13.9. The van der Waals surface area contributed by atoms with Gasteiger partial charge in [0.2, 0.25) is 5.91 Å². The van der Waals surface area contributed by atoms with Crippen LogP contribution < -0.4 is 5.32 Å². The third-order valence-corrected chi connectivity index (χ3v) is 3.91. The van der Waals surface area contributed by atoms with Crippen LogP contribution in [0.15, 0.2) is 30.3 Å². The third-order valence-electron chi connectivity index (χ3n) is 3.91. The lowest BCUT2D eigenvalue weighted by Crippen LogP contribution is -2.40. The summed E-state index contributed by atoms with van der Waals surface area (Å²) in [5.41, 5.74) is 2.29. The summed E-state index contributed by atoms with van der Waals surface area (Å²) in [7, 11) is 0. The molecular formula is C17H23NO. The molecule has 0 unspecified atom stereocenters. The van der Waals surface area contributed by atoms with Gasteiger partial charge >= 0.3 is 0 Å². The number of hydrogen-bond acceptors (Lipinski definition) is 1. The second kappa shape index (κ2) is 6.55. The average Bonchev–Trinajstić information content (AvgIpc) is 2.39. The predicted octanol–water partition coefficient (Wildman–Crippen LogP) is 3.70. The van der Waals surface area contributed by atoms with Crippen molar-refractivity contribution in [3.8, 4) is 0 Å². The van der Waals surface area contributed by atoms with Crippen molar-refractivity contribution in [3.63, 3.8) is 0 Å². The molecule has 1 fully saturated rings. The SMILES string of the molecule is Cc1cccc(/C=C/C(=O)N[C@H]2CCCC[C@H]2C)c1. The zero-order chi connectivity index (χ0) is 13.7. The normalized spacial score (nSPS) is 23.5. The van der Waals surface area contributed by atoms with E-state index in [9.17, 15) is 4.79 Å². The number of rotatable bonds is 3. The number of hydrogen-bond donors (Lipinski definition) is 1. The fraction of sp³-hybridized carbons (Fsp3) is 0.471. The third kappa shape index (κ3) is 4.23. The molecule has 0 radical (unpaired) electrons. The zero-order valence-corrected chi connectivity index (χ0v) is 11.9. The van der Waals surface area contributed by atoms with Gasteiger partial charge in [0, 0.05) is 12.1 Å². The maximum Gasteiger partial charge on any atom is 0.244 e. The van der Waals surface area contributed by atoms with Gasteiger partial charge in [-0.25, -0.2) is 0 Å². The summed E-state index contributed by atoms with van der Waals surface area (Å²) < 4.78 is 0. The Bertz CT molecular complexity index is 464. The molecule has 1 N–H and O–H groups in total. The van der Waals surface area contributed by atoms with E-state index in [1.54, 1.807) is 6.08 Å². The standard InChI is InChI=1S/C17H23NO/c1-13-6-5-8-15(12-13)10-11-17(19)18-16-9-4-3-7-14(16)2/h5-6,8,10-12,14,16H,3-4,7,9H2,1-2H3,(H,18,19)/b11-10+/t14-,16+/m1/s1. The van der Waals surface area contributed by atoms with Gasteiger partial charge in [-0.1, -0.05) is 49.6 Å². The van der Waals surface area contributed by atoms with Crippen molar-refractivity contribution in [1.29, 1.82) is 0 Å². The molecule has 0 saturated heterocycles. The van der Waals surface area contributed by atoms with Gasteiger partial charge in [0.25, 0.3) is 0 Å². The quantitative estimate of drug-likeness (QED) is 0.822. The Morgan fingerprint density at radius 2 is 2.11 bits per heavy atom. The summed E-state index contributed by atoms with van der Waals surface area (Å²) >= 11 is 0. The molecule has 0 aromatic heterocycles. The lowest BCUT2D eigenvalue weighted by atomic mass is 9.86. The molecule has 19 heavy (non-hydrogen) atoms. The molecule has 1 aliphatic carbocycles. The van der Waals surface area contributed by atoms with Crippen molar-refractivity contribution < 1.29 is 4.79 Å².